The zero-order valence-corrected chi connectivity index (χ0v) is 8.59. The van der Waals surface area contributed by atoms with Crippen LogP contribution in [0.5, 0.6) is 0 Å². The lowest BCUT2D eigenvalue weighted by atomic mass is 10.2. The molecule has 0 heterocycles. The molecule has 1 aromatic carbocycles. The third-order valence-corrected chi connectivity index (χ3v) is 1.69. The van der Waals surface area contributed by atoms with Crippen molar-refractivity contribution < 1.29 is 24.2 Å². The lowest BCUT2D eigenvalue weighted by Crippen LogP contribution is -2.16. The van der Waals surface area contributed by atoms with Crippen LogP contribution in [0.25, 0.3) is 0 Å². The van der Waals surface area contributed by atoms with Gasteiger partial charge < -0.3 is 14.6 Å². The van der Waals surface area contributed by atoms with E-state index >= 15 is 0 Å². The van der Waals surface area contributed by atoms with E-state index in [-0.39, 0.29) is 13.2 Å². The van der Waals surface area contributed by atoms with E-state index < -0.39 is 18.5 Å². The first-order valence-electron chi connectivity index (χ1n) is 4.67. The molecule has 0 saturated heterocycles. The fourth-order valence-electron chi connectivity index (χ4n) is 1.00. The Labute approximate surface area is 92.6 Å². The van der Waals surface area contributed by atoms with Gasteiger partial charge in [0.2, 0.25) is 0 Å². The number of carboxylic acids is 1. The van der Waals surface area contributed by atoms with Crippen LogP contribution in [0.2, 0.25) is 0 Å². The highest BCUT2D eigenvalue weighted by molar-refractivity contribution is 5.72. The third kappa shape index (κ3) is 5.11. The molecule has 1 N–H and O–H groups in total. The van der Waals surface area contributed by atoms with E-state index in [1.165, 1.54) is 0 Å². The summed E-state index contributed by atoms with van der Waals surface area (Å²) in [6, 6.07) is 9.19. The average Bonchev–Trinajstić information content (AvgIpc) is 2.27. The Kier molecular flexibility index (Phi) is 5.01. The van der Waals surface area contributed by atoms with Crippen molar-refractivity contribution in [3.8, 4) is 0 Å². The molecule has 0 spiro atoms. The second kappa shape index (κ2) is 6.58. The Morgan fingerprint density at radius 1 is 1.12 bits per heavy atom. The quantitative estimate of drug-likeness (QED) is 0.724. The van der Waals surface area contributed by atoms with Crippen LogP contribution in [-0.2, 0) is 25.7 Å². The van der Waals surface area contributed by atoms with Crippen LogP contribution in [0.1, 0.15) is 5.56 Å². The van der Waals surface area contributed by atoms with E-state index in [4.69, 9.17) is 9.84 Å². The van der Waals surface area contributed by atoms with Crippen LogP contribution in [0, 0.1) is 0 Å². The molecule has 5 heteroatoms. The Bertz CT molecular complexity index is 347. The predicted octanol–water partition coefficient (Wildman–Crippen LogP) is 0.831. The average molecular weight is 224 g/mol. The molecule has 0 radical (unpaired) electrons. The van der Waals surface area contributed by atoms with E-state index in [1.54, 1.807) is 0 Å². The van der Waals surface area contributed by atoms with Gasteiger partial charge in [0.1, 0.15) is 19.8 Å². The van der Waals surface area contributed by atoms with Gasteiger partial charge in [-0.2, -0.15) is 0 Å². The molecule has 0 fully saturated rings. The summed E-state index contributed by atoms with van der Waals surface area (Å²) < 4.78 is 9.42. The number of hydrogen-bond donors (Lipinski definition) is 1. The van der Waals surface area contributed by atoms with Crippen LogP contribution in [0.4, 0.5) is 0 Å². The van der Waals surface area contributed by atoms with Gasteiger partial charge in [0.25, 0.3) is 0 Å². The predicted molar refractivity (Wildman–Crippen MR) is 54.7 cm³/mol. The number of esters is 1. The Morgan fingerprint density at radius 3 is 2.44 bits per heavy atom. The molecule has 0 unspecified atom stereocenters. The highest BCUT2D eigenvalue weighted by Gasteiger charge is 2.05. The van der Waals surface area contributed by atoms with E-state index in [9.17, 15) is 9.59 Å². The molecule has 0 atom stereocenters. The van der Waals surface area contributed by atoms with Crippen molar-refractivity contribution in [1.82, 2.24) is 0 Å². The fraction of sp³-hybridized carbons (Fsp3) is 0.273. The highest BCUT2D eigenvalue weighted by Crippen LogP contribution is 2.00. The first-order chi connectivity index (χ1) is 7.68. The third-order valence-electron chi connectivity index (χ3n) is 1.69. The van der Waals surface area contributed by atoms with Crippen molar-refractivity contribution in [2.75, 3.05) is 13.2 Å². The molecule has 0 aromatic heterocycles. The summed E-state index contributed by atoms with van der Waals surface area (Å²) in [5, 5.41) is 8.26. The van der Waals surface area contributed by atoms with Crippen LogP contribution in [0.3, 0.4) is 0 Å². The van der Waals surface area contributed by atoms with Crippen LogP contribution >= 0.6 is 0 Å². The van der Waals surface area contributed by atoms with Crippen molar-refractivity contribution in [2.24, 2.45) is 0 Å². The molecule has 5 nitrogen and oxygen atoms in total. The molecule has 0 aliphatic heterocycles. The number of carboxylic acid groups (broad SMARTS) is 1. The van der Waals surface area contributed by atoms with Gasteiger partial charge >= 0.3 is 11.9 Å². The number of rotatable bonds is 6. The van der Waals surface area contributed by atoms with Crippen molar-refractivity contribution >= 4 is 11.9 Å². The minimum Gasteiger partial charge on any atom is -0.480 e. The number of ether oxygens (including phenoxy) is 2. The molecule has 0 saturated carbocycles. The highest BCUT2D eigenvalue weighted by atomic mass is 16.6. The molecule has 16 heavy (non-hydrogen) atoms. The van der Waals surface area contributed by atoms with Crippen molar-refractivity contribution in [3.63, 3.8) is 0 Å². The number of benzene rings is 1. The summed E-state index contributed by atoms with van der Waals surface area (Å²) in [4.78, 5) is 21.1. The molecule has 1 rings (SSSR count). The van der Waals surface area contributed by atoms with E-state index in [0.717, 1.165) is 5.56 Å². The van der Waals surface area contributed by atoms with Gasteiger partial charge in [0, 0.05) is 0 Å². The Morgan fingerprint density at radius 2 is 1.81 bits per heavy atom. The van der Waals surface area contributed by atoms with Gasteiger partial charge in [-0.15, -0.1) is 0 Å². The van der Waals surface area contributed by atoms with Crippen molar-refractivity contribution in [3.05, 3.63) is 35.9 Å². The zero-order chi connectivity index (χ0) is 11.8. The number of hydrogen-bond acceptors (Lipinski definition) is 4. The lowest BCUT2D eigenvalue weighted by molar-refractivity contribution is -0.153. The molecule has 0 aliphatic rings. The Hall–Kier alpha value is -1.88. The minimum atomic E-state index is -1.11. The zero-order valence-electron chi connectivity index (χ0n) is 8.59. The number of carbonyl (C=O) groups excluding carboxylic acids is 1. The normalized spacial score (nSPS) is 9.75. The first kappa shape index (κ1) is 12.2. The maximum absolute atomic E-state index is 11.1. The second-order valence-electron chi connectivity index (χ2n) is 3.03. The van der Waals surface area contributed by atoms with E-state index in [1.807, 2.05) is 30.3 Å². The van der Waals surface area contributed by atoms with Crippen molar-refractivity contribution in [1.29, 1.82) is 0 Å². The van der Waals surface area contributed by atoms with Crippen molar-refractivity contribution in [2.45, 2.75) is 6.61 Å². The summed E-state index contributed by atoms with van der Waals surface area (Å²) in [7, 11) is 0. The SMILES string of the molecule is O=C(O)COCC(=O)OCc1ccccc1. The molecule has 0 aliphatic carbocycles. The second-order valence-corrected chi connectivity index (χ2v) is 3.03. The lowest BCUT2D eigenvalue weighted by Gasteiger charge is -2.04. The summed E-state index contributed by atoms with van der Waals surface area (Å²) in [6.45, 7) is -0.685. The Balaban J connectivity index is 2.18. The smallest absolute Gasteiger partial charge is 0.332 e. The summed E-state index contributed by atoms with van der Waals surface area (Å²) in [6.07, 6.45) is 0. The standard InChI is InChI=1S/C11H12O5/c12-10(13)7-15-8-11(14)16-6-9-4-2-1-3-5-9/h1-5H,6-8H2,(H,12,13). The van der Waals surface area contributed by atoms with E-state index in [0.29, 0.717) is 0 Å². The molecular weight excluding hydrogens is 212 g/mol. The molecular formula is C11H12O5. The minimum absolute atomic E-state index is 0.163. The molecule has 0 bridgehead atoms. The fourth-order valence-corrected chi connectivity index (χ4v) is 1.00. The summed E-state index contributed by atoms with van der Waals surface area (Å²) in [5.74, 6) is -1.69. The first-order valence-corrected chi connectivity index (χ1v) is 4.67. The molecule has 0 amide bonds. The maximum atomic E-state index is 11.1. The van der Waals surface area contributed by atoms with Gasteiger partial charge in [0.15, 0.2) is 0 Å². The van der Waals surface area contributed by atoms with Gasteiger partial charge in [-0.3, -0.25) is 0 Å². The van der Waals surface area contributed by atoms with Gasteiger partial charge in [-0.1, -0.05) is 30.3 Å². The van der Waals surface area contributed by atoms with Gasteiger partial charge in [-0.05, 0) is 5.56 Å². The largest absolute Gasteiger partial charge is 0.480 e. The van der Waals surface area contributed by atoms with Crippen LogP contribution in [-0.4, -0.2) is 30.3 Å². The summed E-state index contributed by atoms with van der Waals surface area (Å²) >= 11 is 0. The van der Waals surface area contributed by atoms with E-state index in [2.05, 4.69) is 4.74 Å². The molecule has 1 aromatic rings. The van der Waals surface area contributed by atoms with Crippen LogP contribution < -0.4 is 0 Å². The topological polar surface area (TPSA) is 72.8 Å². The summed E-state index contributed by atoms with van der Waals surface area (Å²) in [5.41, 5.74) is 0.870. The number of aliphatic carboxylic acids is 1. The van der Waals surface area contributed by atoms with Gasteiger partial charge in [0.05, 0.1) is 0 Å². The maximum Gasteiger partial charge on any atom is 0.332 e. The number of carbonyl (C=O) groups is 2. The molecule has 86 valence electrons. The van der Waals surface area contributed by atoms with Crippen LogP contribution in [0.15, 0.2) is 30.3 Å². The monoisotopic (exact) mass is 224 g/mol. The van der Waals surface area contributed by atoms with Gasteiger partial charge in [-0.25, -0.2) is 9.59 Å².